The van der Waals surface area contributed by atoms with E-state index >= 15 is 0 Å². The molecule has 1 aliphatic rings. The van der Waals surface area contributed by atoms with E-state index in [-0.39, 0.29) is 5.97 Å². The molecular weight excluding hydrogens is 272 g/mol. The van der Waals surface area contributed by atoms with E-state index in [1.807, 2.05) is 45.0 Å². The molecule has 0 atom stereocenters. The highest BCUT2D eigenvalue weighted by Gasteiger charge is 2.18. The van der Waals surface area contributed by atoms with Gasteiger partial charge < -0.3 is 4.74 Å². The van der Waals surface area contributed by atoms with Crippen molar-refractivity contribution < 1.29 is 9.53 Å². The lowest BCUT2D eigenvalue weighted by atomic mass is 10.1. The van der Waals surface area contributed by atoms with Crippen LogP contribution in [0, 0.1) is 0 Å². The highest BCUT2D eigenvalue weighted by atomic mass is 35.5. The second-order valence-corrected chi connectivity index (χ2v) is 6.43. The Hall–Kier alpha value is -1.54. The molecule has 1 aromatic carbocycles. The molecule has 0 saturated carbocycles. The number of fused-ring (bicyclic) bond motifs is 1. The van der Waals surface area contributed by atoms with Crippen LogP contribution in [0.1, 0.15) is 38.8 Å². The van der Waals surface area contributed by atoms with Crippen LogP contribution in [0.3, 0.4) is 0 Å². The smallest absolute Gasteiger partial charge is 0.331 e. The van der Waals surface area contributed by atoms with Gasteiger partial charge in [0.1, 0.15) is 5.60 Å². The van der Waals surface area contributed by atoms with E-state index in [1.54, 1.807) is 0 Å². The summed E-state index contributed by atoms with van der Waals surface area (Å²) in [5.74, 6) is -0.313. The fourth-order valence-electron chi connectivity index (χ4n) is 2.27. The highest BCUT2D eigenvalue weighted by Crippen LogP contribution is 2.34. The van der Waals surface area contributed by atoms with Crippen LogP contribution >= 0.6 is 11.6 Å². The minimum Gasteiger partial charge on any atom is -0.457 e. The van der Waals surface area contributed by atoms with Gasteiger partial charge in [0.2, 0.25) is 0 Å². The topological polar surface area (TPSA) is 26.3 Å². The normalized spacial score (nSPS) is 14.8. The van der Waals surface area contributed by atoms with Crippen molar-refractivity contribution in [1.29, 1.82) is 0 Å². The SMILES string of the molecule is CC1=C(/C=C/C(=O)OC(C)(C)C)Cc2cc(Cl)ccc21. The average molecular weight is 291 g/mol. The Kier molecular flexibility index (Phi) is 4.05. The highest BCUT2D eigenvalue weighted by molar-refractivity contribution is 6.30. The lowest BCUT2D eigenvalue weighted by Gasteiger charge is -2.17. The van der Waals surface area contributed by atoms with Crippen LogP contribution < -0.4 is 0 Å². The van der Waals surface area contributed by atoms with Crippen LogP contribution in [0.25, 0.3) is 5.57 Å². The quantitative estimate of drug-likeness (QED) is 0.589. The van der Waals surface area contributed by atoms with Crippen LogP contribution in [0.2, 0.25) is 5.02 Å². The fourth-order valence-corrected chi connectivity index (χ4v) is 2.47. The van der Waals surface area contributed by atoms with Gasteiger partial charge in [-0.3, -0.25) is 0 Å². The molecule has 0 bridgehead atoms. The number of esters is 1. The summed E-state index contributed by atoms with van der Waals surface area (Å²) in [6.07, 6.45) is 4.15. The zero-order valence-electron chi connectivity index (χ0n) is 12.3. The molecule has 1 aromatic rings. The molecule has 0 saturated heterocycles. The number of allylic oxidation sites excluding steroid dienone is 3. The van der Waals surface area contributed by atoms with E-state index in [2.05, 4.69) is 6.92 Å². The number of carbonyl (C=O) groups excluding carboxylic acids is 1. The minimum atomic E-state index is -0.461. The zero-order valence-corrected chi connectivity index (χ0v) is 13.0. The van der Waals surface area contributed by atoms with E-state index < -0.39 is 5.60 Å². The number of benzene rings is 1. The molecular formula is C17H19ClO2. The van der Waals surface area contributed by atoms with Crippen LogP contribution in [0.4, 0.5) is 0 Å². The second kappa shape index (κ2) is 5.45. The Bertz CT molecular complexity index is 604. The van der Waals surface area contributed by atoms with E-state index in [9.17, 15) is 4.79 Å². The van der Waals surface area contributed by atoms with Gasteiger partial charge in [0, 0.05) is 11.1 Å². The van der Waals surface area contributed by atoms with Crippen LogP contribution in [0.5, 0.6) is 0 Å². The Morgan fingerprint density at radius 3 is 2.70 bits per heavy atom. The van der Waals surface area contributed by atoms with Gasteiger partial charge in [-0.15, -0.1) is 0 Å². The van der Waals surface area contributed by atoms with Crippen LogP contribution in [0.15, 0.2) is 35.9 Å². The van der Waals surface area contributed by atoms with Crippen molar-refractivity contribution in [3.63, 3.8) is 0 Å². The molecule has 1 aliphatic carbocycles. The molecule has 0 N–H and O–H groups in total. The summed E-state index contributed by atoms with van der Waals surface area (Å²) in [7, 11) is 0. The lowest BCUT2D eigenvalue weighted by molar-refractivity contribution is -0.148. The Labute approximate surface area is 125 Å². The maximum atomic E-state index is 11.7. The molecule has 0 radical (unpaired) electrons. The summed E-state index contributed by atoms with van der Waals surface area (Å²) in [6.45, 7) is 7.64. The van der Waals surface area contributed by atoms with Gasteiger partial charge in [0.15, 0.2) is 0 Å². The van der Waals surface area contributed by atoms with Crippen molar-refractivity contribution in [2.45, 2.75) is 39.7 Å². The van der Waals surface area contributed by atoms with Crippen molar-refractivity contribution in [2.24, 2.45) is 0 Å². The standard InChI is InChI=1S/C17H19ClO2/c1-11-12(5-8-16(19)20-17(2,3)4)9-13-10-14(18)6-7-15(11)13/h5-8,10H,9H2,1-4H3/b8-5+. The summed E-state index contributed by atoms with van der Waals surface area (Å²) in [5.41, 5.74) is 4.28. The van der Waals surface area contributed by atoms with Crippen LogP contribution in [-0.2, 0) is 16.0 Å². The Morgan fingerprint density at radius 2 is 2.05 bits per heavy atom. The van der Waals surface area contributed by atoms with Crippen molar-refractivity contribution in [3.05, 3.63) is 52.1 Å². The van der Waals surface area contributed by atoms with E-state index in [1.165, 1.54) is 22.8 Å². The molecule has 0 aliphatic heterocycles. The van der Waals surface area contributed by atoms with Gasteiger partial charge in [-0.1, -0.05) is 23.7 Å². The lowest BCUT2D eigenvalue weighted by Crippen LogP contribution is -2.22. The number of hydrogen-bond donors (Lipinski definition) is 0. The van der Waals surface area contributed by atoms with E-state index in [0.717, 1.165) is 17.0 Å². The van der Waals surface area contributed by atoms with Crippen molar-refractivity contribution in [2.75, 3.05) is 0 Å². The summed E-state index contributed by atoms with van der Waals surface area (Å²) in [6, 6.07) is 5.90. The zero-order chi connectivity index (χ0) is 14.9. The molecule has 0 aromatic heterocycles. The molecule has 2 nitrogen and oxygen atoms in total. The average Bonchev–Trinajstić information content (AvgIpc) is 2.61. The summed E-state index contributed by atoms with van der Waals surface area (Å²) in [4.78, 5) is 11.7. The molecule has 2 rings (SSSR count). The number of halogens is 1. The molecule has 0 heterocycles. The third-order valence-electron chi connectivity index (χ3n) is 3.16. The monoisotopic (exact) mass is 290 g/mol. The minimum absolute atomic E-state index is 0.313. The number of ether oxygens (including phenoxy) is 1. The predicted octanol–water partition coefficient (Wildman–Crippen LogP) is 4.57. The van der Waals surface area contributed by atoms with E-state index in [0.29, 0.717) is 0 Å². The molecule has 3 heteroatoms. The third-order valence-corrected chi connectivity index (χ3v) is 3.40. The van der Waals surface area contributed by atoms with Crippen molar-refractivity contribution >= 4 is 23.1 Å². The van der Waals surface area contributed by atoms with Crippen molar-refractivity contribution in [3.8, 4) is 0 Å². The Balaban J connectivity index is 2.13. The summed E-state index contributed by atoms with van der Waals surface area (Å²) < 4.78 is 5.26. The van der Waals surface area contributed by atoms with Gasteiger partial charge in [-0.25, -0.2) is 4.79 Å². The number of rotatable bonds is 2. The molecule has 20 heavy (non-hydrogen) atoms. The molecule has 0 unspecified atom stereocenters. The molecule has 106 valence electrons. The third kappa shape index (κ3) is 3.51. The largest absolute Gasteiger partial charge is 0.457 e. The maximum absolute atomic E-state index is 11.7. The Morgan fingerprint density at radius 1 is 1.35 bits per heavy atom. The van der Waals surface area contributed by atoms with Gasteiger partial charge in [-0.2, -0.15) is 0 Å². The number of hydrogen-bond acceptors (Lipinski definition) is 2. The maximum Gasteiger partial charge on any atom is 0.331 e. The summed E-state index contributed by atoms with van der Waals surface area (Å²) >= 11 is 6.01. The summed E-state index contributed by atoms with van der Waals surface area (Å²) in [5, 5.41) is 0.744. The van der Waals surface area contributed by atoms with Gasteiger partial charge in [-0.05, 0) is 68.5 Å². The second-order valence-electron chi connectivity index (χ2n) is 6.00. The molecule has 0 spiro atoms. The first-order chi connectivity index (χ1) is 9.26. The van der Waals surface area contributed by atoms with Gasteiger partial charge in [0.25, 0.3) is 0 Å². The van der Waals surface area contributed by atoms with Crippen LogP contribution in [-0.4, -0.2) is 11.6 Å². The fraction of sp³-hybridized carbons (Fsp3) is 0.353. The molecule has 0 fully saturated rings. The first-order valence-corrected chi connectivity index (χ1v) is 7.04. The van der Waals surface area contributed by atoms with E-state index in [4.69, 9.17) is 16.3 Å². The van der Waals surface area contributed by atoms with Crippen molar-refractivity contribution in [1.82, 2.24) is 0 Å². The van der Waals surface area contributed by atoms with Gasteiger partial charge >= 0.3 is 5.97 Å². The first-order valence-electron chi connectivity index (χ1n) is 6.66. The predicted molar refractivity (Wildman–Crippen MR) is 82.7 cm³/mol. The molecule has 0 amide bonds. The number of carbonyl (C=O) groups is 1. The first kappa shape index (κ1) is 14.9. The van der Waals surface area contributed by atoms with Gasteiger partial charge in [0.05, 0.1) is 0 Å².